The molecule has 0 unspecified atom stereocenters. The molecule has 0 bridgehead atoms. The Labute approximate surface area is 135 Å². The summed E-state index contributed by atoms with van der Waals surface area (Å²) in [6, 6.07) is 9.84. The number of nitrogens with zero attached hydrogens (tertiary/aromatic N) is 3. The third-order valence-corrected chi connectivity index (χ3v) is 3.86. The highest BCUT2D eigenvalue weighted by Gasteiger charge is 2.15. The molecule has 0 saturated carbocycles. The van der Waals surface area contributed by atoms with Crippen molar-refractivity contribution in [1.82, 2.24) is 14.6 Å². The molecule has 2 aromatic heterocycles. The lowest BCUT2D eigenvalue weighted by Crippen LogP contribution is -2.12. The van der Waals surface area contributed by atoms with Crippen molar-refractivity contribution in [3.8, 4) is 0 Å². The molecule has 1 N–H and O–H groups in total. The molecule has 23 heavy (non-hydrogen) atoms. The molecule has 118 valence electrons. The normalized spacial score (nSPS) is 11.2. The number of rotatable bonds is 3. The first-order valence-corrected chi connectivity index (χ1v) is 7.69. The van der Waals surface area contributed by atoms with Crippen LogP contribution in [0.15, 0.2) is 36.5 Å². The zero-order valence-electron chi connectivity index (χ0n) is 13.8. The van der Waals surface area contributed by atoms with E-state index in [0.717, 1.165) is 17.1 Å². The van der Waals surface area contributed by atoms with Crippen LogP contribution < -0.4 is 5.32 Å². The Morgan fingerprint density at radius 2 is 1.87 bits per heavy atom. The van der Waals surface area contributed by atoms with Gasteiger partial charge in [0.25, 0.3) is 5.91 Å². The van der Waals surface area contributed by atoms with Crippen molar-refractivity contribution in [2.24, 2.45) is 0 Å². The van der Waals surface area contributed by atoms with E-state index in [9.17, 15) is 4.79 Å². The summed E-state index contributed by atoms with van der Waals surface area (Å²) in [5.41, 5.74) is 4.89. The monoisotopic (exact) mass is 308 g/mol. The first kappa shape index (κ1) is 15.2. The van der Waals surface area contributed by atoms with E-state index in [2.05, 4.69) is 29.2 Å². The van der Waals surface area contributed by atoms with Crippen LogP contribution in [-0.4, -0.2) is 20.5 Å². The number of fused-ring (bicyclic) bond motifs is 1. The van der Waals surface area contributed by atoms with Crippen molar-refractivity contribution in [2.45, 2.75) is 33.6 Å². The maximum Gasteiger partial charge on any atom is 0.261 e. The smallest absolute Gasteiger partial charge is 0.261 e. The molecule has 2 heterocycles. The molecule has 0 aliphatic carbocycles. The van der Waals surface area contributed by atoms with Crippen molar-refractivity contribution in [1.29, 1.82) is 0 Å². The summed E-state index contributed by atoms with van der Waals surface area (Å²) < 4.78 is 1.68. The number of amides is 1. The number of aromatic nitrogens is 3. The number of carbonyl (C=O) groups excluding carboxylic acids is 1. The average Bonchev–Trinajstić information content (AvgIpc) is 2.91. The standard InChI is InChI=1S/C18H20N4O/c1-11(2)14-5-7-15(8-6-14)21-18(23)16-10-19-22-13(4)9-12(3)20-17(16)22/h5-11H,1-4H3,(H,21,23). The van der Waals surface area contributed by atoms with Crippen molar-refractivity contribution in [2.75, 3.05) is 5.32 Å². The van der Waals surface area contributed by atoms with Gasteiger partial charge in [-0.2, -0.15) is 5.10 Å². The second-order valence-electron chi connectivity index (χ2n) is 6.06. The van der Waals surface area contributed by atoms with E-state index in [1.807, 2.05) is 44.2 Å². The van der Waals surface area contributed by atoms with Crippen LogP contribution in [0.3, 0.4) is 0 Å². The Bertz CT molecular complexity index is 863. The Kier molecular flexibility index (Phi) is 3.86. The van der Waals surface area contributed by atoms with Gasteiger partial charge in [-0.3, -0.25) is 4.79 Å². The summed E-state index contributed by atoms with van der Waals surface area (Å²) in [6.45, 7) is 8.14. The van der Waals surface area contributed by atoms with Crippen LogP contribution in [-0.2, 0) is 0 Å². The Balaban J connectivity index is 1.89. The zero-order chi connectivity index (χ0) is 16.6. The van der Waals surface area contributed by atoms with Crippen LogP contribution in [0.25, 0.3) is 5.65 Å². The molecule has 3 aromatic rings. The molecule has 0 saturated heterocycles. The molecule has 5 nitrogen and oxygen atoms in total. The predicted molar refractivity (Wildman–Crippen MR) is 90.9 cm³/mol. The lowest BCUT2D eigenvalue weighted by Gasteiger charge is -2.08. The van der Waals surface area contributed by atoms with E-state index in [4.69, 9.17) is 0 Å². The predicted octanol–water partition coefficient (Wildman–Crippen LogP) is 3.72. The van der Waals surface area contributed by atoms with E-state index < -0.39 is 0 Å². The van der Waals surface area contributed by atoms with Gasteiger partial charge in [0.2, 0.25) is 0 Å². The van der Waals surface area contributed by atoms with Crippen LogP contribution in [0.2, 0.25) is 0 Å². The summed E-state index contributed by atoms with van der Waals surface area (Å²) in [7, 11) is 0. The highest BCUT2D eigenvalue weighted by molar-refractivity contribution is 6.08. The van der Waals surface area contributed by atoms with Gasteiger partial charge in [0.1, 0.15) is 5.56 Å². The van der Waals surface area contributed by atoms with Crippen LogP contribution in [0, 0.1) is 13.8 Å². The first-order chi connectivity index (χ1) is 11.0. The molecular weight excluding hydrogens is 288 g/mol. The van der Waals surface area contributed by atoms with Gasteiger partial charge in [0.05, 0.1) is 6.20 Å². The largest absolute Gasteiger partial charge is 0.322 e. The van der Waals surface area contributed by atoms with E-state index in [-0.39, 0.29) is 5.91 Å². The van der Waals surface area contributed by atoms with Gasteiger partial charge in [-0.25, -0.2) is 9.50 Å². The molecule has 3 rings (SSSR count). The summed E-state index contributed by atoms with van der Waals surface area (Å²) in [4.78, 5) is 17.0. The quantitative estimate of drug-likeness (QED) is 0.802. The lowest BCUT2D eigenvalue weighted by molar-refractivity contribution is 0.102. The number of hydrogen-bond acceptors (Lipinski definition) is 3. The maximum atomic E-state index is 12.5. The second-order valence-corrected chi connectivity index (χ2v) is 6.06. The van der Waals surface area contributed by atoms with Crippen molar-refractivity contribution >= 4 is 17.2 Å². The topological polar surface area (TPSA) is 59.3 Å². The molecule has 0 fully saturated rings. The van der Waals surface area contributed by atoms with Crippen molar-refractivity contribution < 1.29 is 4.79 Å². The fourth-order valence-electron chi connectivity index (χ4n) is 2.58. The van der Waals surface area contributed by atoms with Gasteiger partial charge >= 0.3 is 0 Å². The van der Waals surface area contributed by atoms with E-state index in [1.165, 1.54) is 5.56 Å². The summed E-state index contributed by atoms with van der Waals surface area (Å²) >= 11 is 0. The number of hydrogen-bond donors (Lipinski definition) is 1. The van der Waals surface area contributed by atoms with E-state index in [0.29, 0.717) is 17.1 Å². The lowest BCUT2D eigenvalue weighted by atomic mass is 10.0. The number of nitrogens with one attached hydrogen (secondary N) is 1. The molecule has 1 amide bonds. The van der Waals surface area contributed by atoms with Crippen molar-refractivity contribution in [3.63, 3.8) is 0 Å². The minimum atomic E-state index is -0.199. The van der Waals surface area contributed by atoms with Crippen LogP contribution in [0.5, 0.6) is 0 Å². The van der Waals surface area contributed by atoms with Gasteiger partial charge in [-0.1, -0.05) is 26.0 Å². The van der Waals surface area contributed by atoms with Crippen molar-refractivity contribution in [3.05, 3.63) is 59.0 Å². The summed E-state index contributed by atoms with van der Waals surface area (Å²) in [5.74, 6) is 0.268. The van der Waals surface area contributed by atoms with Gasteiger partial charge < -0.3 is 5.32 Å². The number of aryl methyl sites for hydroxylation is 2. The highest BCUT2D eigenvalue weighted by Crippen LogP contribution is 2.18. The Morgan fingerprint density at radius 3 is 2.52 bits per heavy atom. The summed E-state index contributed by atoms with van der Waals surface area (Å²) in [6.07, 6.45) is 1.56. The minimum absolute atomic E-state index is 0.199. The van der Waals surface area contributed by atoms with E-state index >= 15 is 0 Å². The van der Waals surface area contributed by atoms with Gasteiger partial charge in [-0.05, 0) is 43.5 Å². The summed E-state index contributed by atoms with van der Waals surface area (Å²) in [5, 5.41) is 7.16. The Morgan fingerprint density at radius 1 is 1.17 bits per heavy atom. The van der Waals surface area contributed by atoms with E-state index in [1.54, 1.807) is 10.7 Å². The highest BCUT2D eigenvalue weighted by atomic mass is 16.1. The van der Waals surface area contributed by atoms with Gasteiger partial charge in [0, 0.05) is 17.1 Å². The molecule has 5 heteroatoms. The SMILES string of the molecule is Cc1cc(C)n2ncc(C(=O)Nc3ccc(C(C)C)cc3)c2n1. The minimum Gasteiger partial charge on any atom is -0.322 e. The van der Waals surface area contributed by atoms with Gasteiger partial charge in [-0.15, -0.1) is 0 Å². The van der Waals surface area contributed by atoms with Gasteiger partial charge in [0.15, 0.2) is 5.65 Å². The second kappa shape index (κ2) is 5.83. The molecular formula is C18H20N4O. The fourth-order valence-corrected chi connectivity index (χ4v) is 2.58. The first-order valence-electron chi connectivity index (χ1n) is 7.69. The molecule has 0 aliphatic rings. The average molecular weight is 308 g/mol. The number of benzene rings is 1. The number of carbonyl (C=O) groups is 1. The Hall–Kier alpha value is -2.69. The maximum absolute atomic E-state index is 12.5. The van der Waals surface area contributed by atoms with Crippen LogP contribution in [0.4, 0.5) is 5.69 Å². The molecule has 1 aromatic carbocycles. The zero-order valence-corrected chi connectivity index (χ0v) is 13.8. The van der Waals surface area contributed by atoms with Crippen LogP contribution >= 0.6 is 0 Å². The molecule has 0 radical (unpaired) electrons. The third-order valence-electron chi connectivity index (χ3n) is 3.86. The third kappa shape index (κ3) is 2.95. The molecule has 0 aliphatic heterocycles. The van der Waals surface area contributed by atoms with Crippen LogP contribution in [0.1, 0.15) is 47.1 Å². The molecule has 0 spiro atoms. The number of anilines is 1. The molecule has 0 atom stereocenters. The fraction of sp³-hybridized carbons (Fsp3) is 0.278.